The minimum absolute atomic E-state index is 0.129. The second-order valence-corrected chi connectivity index (χ2v) is 7.26. The lowest BCUT2D eigenvalue weighted by molar-refractivity contribution is 0.00578. The van der Waals surface area contributed by atoms with Gasteiger partial charge in [0.2, 0.25) is 0 Å². The number of fused-ring (bicyclic) bond motifs is 1. The average Bonchev–Trinajstić information content (AvgIpc) is 2.73. The van der Waals surface area contributed by atoms with E-state index >= 15 is 0 Å². The van der Waals surface area contributed by atoms with Crippen LogP contribution in [0.1, 0.15) is 33.3 Å². The number of anilines is 1. The number of hydrogen-bond donors (Lipinski definition) is 2. The molecule has 0 amide bonds. The van der Waals surface area contributed by atoms with Crippen molar-refractivity contribution in [1.82, 2.24) is 0 Å². The van der Waals surface area contributed by atoms with Crippen LogP contribution < -0.4 is 5.73 Å². The van der Waals surface area contributed by atoms with Crippen LogP contribution in [0.3, 0.4) is 0 Å². The molecule has 5 heteroatoms. The van der Waals surface area contributed by atoms with Gasteiger partial charge in [0.1, 0.15) is 0 Å². The number of aliphatic hydroxyl groups excluding tert-OH is 1. The highest BCUT2D eigenvalue weighted by Gasteiger charge is 2.52. The Balaban J connectivity index is 2.03. The molecule has 2 aromatic rings. The molecule has 0 aromatic heterocycles. The molecule has 0 aliphatic carbocycles. The second kappa shape index (κ2) is 5.92. The fraction of sp³-hybridized carbons (Fsp3) is 0.368. The summed E-state index contributed by atoms with van der Waals surface area (Å²) in [5.41, 5.74) is 7.61. The van der Waals surface area contributed by atoms with Crippen LogP contribution in [0.5, 0.6) is 0 Å². The molecule has 0 spiro atoms. The Morgan fingerprint density at radius 1 is 1.04 bits per heavy atom. The maximum atomic E-state index is 9.86. The van der Waals surface area contributed by atoms with Crippen LogP contribution in [0.25, 0.3) is 16.8 Å². The first-order chi connectivity index (χ1) is 11.2. The van der Waals surface area contributed by atoms with E-state index in [1.165, 1.54) is 0 Å². The highest BCUT2D eigenvalue weighted by atomic mass is 16.7. The first-order valence-electron chi connectivity index (χ1n) is 8.19. The Bertz CT molecular complexity index is 782. The Hall–Kier alpha value is -1.82. The molecular formula is C19H24BNO3. The van der Waals surface area contributed by atoms with Gasteiger partial charge in [-0.25, -0.2) is 0 Å². The summed E-state index contributed by atoms with van der Waals surface area (Å²) in [6, 6.07) is 11.8. The molecule has 126 valence electrons. The van der Waals surface area contributed by atoms with E-state index in [0.717, 1.165) is 22.0 Å². The molecular weight excluding hydrogens is 301 g/mol. The Labute approximate surface area is 143 Å². The van der Waals surface area contributed by atoms with E-state index in [-0.39, 0.29) is 6.61 Å². The smallest absolute Gasteiger partial charge is 0.400 e. The fourth-order valence-corrected chi connectivity index (χ4v) is 2.87. The molecule has 1 saturated heterocycles. The second-order valence-electron chi connectivity index (χ2n) is 7.26. The molecule has 3 N–H and O–H groups in total. The van der Waals surface area contributed by atoms with E-state index < -0.39 is 18.3 Å². The van der Waals surface area contributed by atoms with Gasteiger partial charge in [0.05, 0.1) is 17.8 Å². The zero-order valence-electron chi connectivity index (χ0n) is 14.7. The van der Waals surface area contributed by atoms with Gasteiger partial charge in [-0.2, -0.15) is 0 Å². The minimum Gasteiger partial charge on any atom is -0.400 e. The predicted octanol–water partition coefficient (Wildman–Crippen LogP) is 3.43. The summed E-state index contributed by atoms with van der Waals surface area (Å²) in [6.45, 7) is 7.87. The van der Waals surface area contributed by atoms with E-state index in [4.69, 9.17) is 15.0 Å². The van der Waals surface area contributed by atoms with E-state index in [1.807, 2.05) is 70.2 Å². The van der Waals surface area contributed by atoms with Crippen LogP contribution >= 0.6 is 0 Å². The molecule has 0 radical (unpaired) electrons. The van der Waals surface area contributed by atoms with Gasteiger partial charge in [-0.15, -0.1) is 0 Å². The topological polar surface area (TPSA) is 64.7 Å². The van der Waals surface area contributed by atoms with Crippen molar-refractivity contribution >= 4 is 29.7 Å². The van der Waals surface area contributed by atoms with Crippen LogP contribution in [0.4, 0.5) is 5.69 Å². The van der Waals surface area contributed by atoms with Crippen molar-refractivity contribution in [3.63, 3.8) is 0 Å². The third-order valence-corrected chi connectivity index (χ3v) is 5.07. The molecule has 24 heavy (non-hydrogen) atoms. The molecule has 0 saturated carbocycles. The third kappa shape index (κ3) is 2.84. The van der Waals surface area contributed by atoms with Gasteiger partial charge < -0.3 is 20.1 Å². The van der Waals surface area contributed by atoms with Crippen LogP contribution in [0.2, 0.25) is 0 Å². The number of rotatable bonds is 3. The van der Waals surface area contributed by atoms with Crippen molar-refractivity contribution in [1.29, 1.82) is 0 Å². The number of aliphatic hydroxyl groups is 1. The normalized spacial score (nSPS) is 19.9. The summed E-state index contributed by atoms with van der Waals surface area (Å²) in [5, 5.41) is 11.9. The van der Waals surface area contributed by atoms with Crippen LogP contribution in [0.15, 0.2) is 41.9 Å². The van der Waals surface area contributed by atoms with Crippen LogP contribution in [-0.2, 0) is 9.31 Å². The molecule has 1 heterocycles. The Morgan fingerprint density at radius 3 is 2.25 bits per heavy atom. The van der Waals surface area contributed by atoms with Gasteiger partial charge in [0.25, 0.3) is 0 Å². The number of hydrogen-bond acceptors (Lipinski definition) is 4. The first kappa shape index (κ1) is 17.0. The Kier molecular flexibility index (Phi) is 4.20. The summed E-state index contributed by atoms with van der Waals surface area (Å²) in [6.07, 6.45) is 1.93. The third-order valence-electron chi connectivity index (χ3n) is 5.07. The Morgan fingerprint density at radius 2 is 1.62 bits per heavy atom. The molecule has 0 unspecified atom stereocenters. The summed E-state index contributed by atoms with van der Waals surface area (Å²) in [4.78, 5) is 0. The predicted molar refractivity (Wildman–Crippen MR) is 99.5 cm³/mol. The molecule has 4 nitrogen and oxygen atoms in total. The van der Waals surface area contributed by atoms with Gasteiger partial charge in [-0.05, 0) is 50.2 Å². The average molecular weight is 325 g/mol. The molecule has 1 aliphatic rings. The van der Waals surface area contributed by atoms with Crippen molar-refractivity contribution in [3.05, 3.63) is 47.4 Å². The van der Waals surface area contributed by atoms with Gasteiger partial charge in [-0.3, -0.25) is 0 Å². The van der Waals surface area contributed by atoms with Gasteiger partial charge in [0.15, 0.2) is 0 Å². The number of nitrogens with two attached hydrogens (primary N) is 1. The van der Waals surface area contributed by atoms with Gasteiger partial charge >= 0.3 is 7.12 Å². The quantitative estimate of drug-likeness (QED) is 0.670. The lowest BCUT2D eigenvalue weighted by atomic mass is 9.77. The summed E-state index contributed by atoms with van der Waals surface area (Å²) < 4.78 is 12.1. The molecule has 3 rings (SSSR count). The SMILES string of the molecule is CC1(C)OB(C(=Cc2cccc3c(N)cccc23)CO)OC1(C)C. The van der Waals surface area contributed by atoms with E-state index in [2.05, 4.69) is 0 Å². The molecule has 2 aromatic carbocycles. The summed E-state index contributed by atoms with van der Waals surface area (Å²) in [7, 11) is -0.559. The standard InChI is InChI=1S/C19H24BNO3/c1-18(2)19(3,4)24-20(23-18)14(12-22)11-13-7-5-9-16-15(13)8-6-10-17(16)21/h5-11,22H,12,21H2,1-4H3. The monoisotopic (exact) mass is 325 g/mol. The number of benzene rings is 2. The zero-order valence-corrected chi connectivity index (χ0v) is 14.7. The highest BCUT2D eigenvalue weighted by Crippen LogP contribution is 2.39. The molecule has 1 aliphatic heterocycles. The fourth-order valence-electron chi connectivity index (χ4n) is 2.87. The van der Waals surface area contributed by atoms with E-state index in [9.17, 15) is 5.11 Å². The first-order valence-corrected chi connectivity index (χ1v) is 8.19. The van der Waals surface area contributed by atoms with Gasteiger partial charge in [-0.1, -0.05) is 36.4 Å². The van der Waals surface area contributed by atoms with Crippen molar-refractivity contribution in [3.8, 4) is 0 Å². The van der Waals surface area contributed by atoms with Crippen molar-refractivity contribution < 1.29 is 14.4 Å². The van der Waals surface area contributed by atoms with Crippen molar-refractivity contribution in [2.24, 2.45) is 0 Å². The zero-order chi connectivity index (χ0) is 17.5. The number of nitrogen functional groups attached to an aromatic ring is 1. The highest BCUT2D eigenvalue weighted by molar-refractivity contribution is 6.55. The van der Waals surface area contributed by atoms with Crippen molar-refractivity contribution in [2.75, 3.05) is 12.3 Å². The maximum absolute atomic E-state index is 9.86. The molecule has 0 bridgehead atoms. The molecule has 0 atom stereocenters. The lowest BCUT2D eigenvalue weighted by Gasteiger charge is -2.32. The lowest BCUT2D eigenvalue weighted by Crippen LogP contribution is -2.41. The van der Waals surface area contributed by atoms with Crippen molar-refractivity contribution in [2.45, 2.75) is 38.9 Å². The van der Waals surface area contributed by atoms with E-state index in [1.54, 1.807) is 0 Å². The van der Waals surface area contributed by atoms with Crippen LogP contribution in [-0.4, -0.2) is 30.0 Å². The van der Waals surface area contributed by atoms with E-state index in [0.29, 0.717) is 5.47 Å². The van der Waals surface area contributed by atoms with Gasteiger partial charge in [0, 0.05) is 11.1 Å². The minimum atomic E-state index is -0.559. The summed E-state index contributed by atoms with van der Waals surface area (Å²) >= 11 is 0. The largest absolute Gasteiger partial charge is 0.492 e. The van der Waals surface area contributed by atoms with Crippen LogP contribution in [0, 0.1) is 0 Å². The summed E-state index contributed by atoms with van der Waals surface area (Å²) in [5.74, 6) is 0. The maximum Gasteiger partial charge on any atom is 0.492 e. The molecule has 1 fully saturated rings.